The van der Waals surface area contributed by atoms with Crippen molar-refractivity contribution in [3.63, 3.8) is 0 Å². The number of aromatic hydroxyl groups is 1. The fourth-order valence-electron chi connectivity index (χ4n) is 2.38. The standard InChI is InChI=1S/C18H17N3O3/c1-11-6-5-7-12(17(11)22)14-10-15(21-20-14)18(23)19-13-8-3-4-9-16(13)24-2/h3-10,22H,1-2H3,(H,19,23)(H,20,21). The Kier molecular flexibility index (Phi) is 4.20. The van der Waals surface area contributed by atoms with Gasteiger partial charge in [-0.2, -0.15) is 5.10 Å². The molecular formula is C18H17N3O3. The van der Waals surface area contributed by atoms with Crippen molar-refractivity contribution in [3.8, 4) is 22.8 Å². The average Bonchev–Trinajstić information content (AvgIpc) is 3.08. The third-order valence-corrected chi connectivity index (χ3v) is 3.69. The molecule has 6 heteroatoms. The van der Waals surface area contributed by atoms with Gasteiger partial charge in [0.1, 0.15) is 17.2 Å². The Bertz CT molecular complexity index is 887. The summed E-state index contributed by atoms with van der Waals surface area (Å²) in [5.74, 6) is 0.382. The number of carbonyl (C=O) groups excluding carboxylic acids is 1. The number of hydrogen-bond donors (Lipinski definition) is 3. The van der Waals surface area contributed by atoms with E-state index in [-0.39, 0.29) is 17.4 Å². The van der Waals surface area contributed by atoms with Gasteiger partial charge in [0.25, 0.3) is 5.91 Å². The van der Waals surface area contributed by atoms with Gasteiger partial charge in [-0.25, -0.2) is 0 Å². The number of phenolic OH excluding ortho intramolecular Hbond substituents is 1. The van der Waals surface area contributed by atoms with E-state index in [2.05, 4.69) is 15.5 Å². The number of methoxy groups -OCH3 is 1. The van der Waals surface area contributed by atoms with Crippen LogP contribution in [0.2, 0.25) is 0 Å². The molecule has 1 heterocycles. The summed E-state index contributed by atoms with van der Waals surface area (Å²) < 4.78 is 5.21. The number of nitrogens with one attached hydrogen (secondary N) is 2. The van der Waals surface area contributed by atoms with Crippen molar-refractivity contribution in [1.29, 1.82) is 0 Å². The molecule has 0 radical (unpaired) electrons. The first kappa shape index (κ1) is 15.6. The highest BCUT2D eigenvalue weighted by Crippen LogP contribution is 2.31. The Hall–Kier alpha value is -3.28. The molecule has 0 fully saturated rings. The minimum absolute atomic E-state index is 0.153. The number of aromatic amines is 1. The summed E-state index contributed by atoms with van der Waals surface area (Å²) in [5.41, 5.74) is 2.68. The maximum absolute atomic E-state index is 12.4. The summed E-state index contributed by atoms with van der Waals surface area (Å²) in [6, 6.07) is 14.1. The highest BCUT2D eigenvalue weighted by atomic mass is 16.5. The number of ether oxygens (including phenoxy) is 1. The number of benzene rings is 2. The minimum atomic E-state index is -0.342. The van der Waals surface area contributed by atoms with Crippen molar-refractivity contribution < 1.29 is 14.6 Å². The van der Waals surface area contributed by atoms with Crippen LogP contribution in [0.15, 0.2) is 48.5 Å². The van der Waals surface area contributed by atoms with E-state index in [1.165, 1.54) is 0 Å². The Labute approximate surface area is 139 Å². The van der Waals surface area contributed by atoms with Crippen LogP contribution in [0, 0.1) is 6.92 Å². The van der Waals surface area contributed by atoms with Crippen molar-refractivity contribution in [2.24, 2.45) is 0 Å². The maximum atomic E-state index is 12.4. The topological polar surface area (TPSA) is 87.2 Å². The van der Waals surface area contributed by atoms with Crippen molar-refractivity contribution in [2.45, 2.75) is 6.92 Å². The third kappa shape index (κ3) is 2.94. The molecule has 2 aromatic carbocycles. The average molecular weight is 323 g/mol. The van der Waals surface area contributed by atoms with Gasteiger partial charge in [-0.15, -0.1) is 0 Å². The van der Waals surface area contributed by atoms with Crippen LogP contribution in [0.4, 0.5) is 5.69 Å². The van der Waals surface area contributed by atoms with Gasteiger partial charge in [-0.05, 0) is 36.8 Å². The molecule has 0 saturated carbocycles. The zero-order chi connectivity index (χ0) is 17.1. The predicted molar refractivity (Wildman–Crippen MR) is 91.4 cm³/mol. The van der Waals surface area contributed by atoms with Crippen LogP contribution < -0.4 is 10.1 Å². The number of carbonyl (C=O) groups is 1. The Morgan fingerprint density at radius 1 is 1.21 bits per heavy atom. The molecule has 0 unspecified atom stereocenters. The second kappa shape index (κ2) is 6.45. The molecule has 24 heavy (non-hydrogen) atoms. The van der Waals surface area contributed by atoms with Crippen LogP contribution in [-0.4, -0.2) is 28.3 Å². The summed E-state index contributed by atoms with van der Waals surface area (Å²) in [5, 5.41) is 19.7. The first-order chi connectivity index (χ1) is 11.6. The van der Waals surface area contributed by atoms with Crippen molar-refractivity contribution in [1.82, 2.24) is 10.2 Å². The lowest BCUT2D eigenvalue weighted by atomic mass is 10.1. The van der Waals surface area contributed by atoms with E-state index >= 15 is 0 Å². The van der Waals surface area contributed by atoms with Gasteiger partial charge in [0.05, 0.1) is 18.5 Å². The van der Waals surface area contributed by atoms with Gasteiger partial charge in [0.15, 0.2) is 0 Å². The molecule has 0 aliphatic rings. The van der Waals surface area contributed by atoms with Crippen LogP contribution in [0.25, 0.3) is 11.3 Å². The molecule has 6 nitrogen and oxygen atoms in total. The molecule has 0 aliphatic carbocycles. The molecule has 1 aromatic heterocycles. The fourth-order valence-corrected chi connectivity index (χ4v) is 2.38. The first-order valence-corrected chi connectivity index (χ1v) is 7.39. The highest BCUT2D eigenvalue weighted by Gasteiger charge is 2.15. The number of amides is 1. The van der Waals surface area contributed by atoms with Crippen LogP contribution in [0.3, 0.4) is 0 Å². The number of aromatic nitrogens is 2. The van der Waals surface area contributed by atoms with Crippen LogP contribution in [-0.2, 0) is 0 Å². The van der Waals surface area contributed by atoms with Crippen LogP contribution in [0.1, 0.15) is 16.1 Å². The second-order valence-corrected chi connectivity index (χ2v) is 5.29. The zero-order valence-corrected chi connectivity index (χ0v) is 13.3. The maximum Gasteiger partial charge on any atom is 0.273 e. The van der Waals surface area contributed by atoms with E-state index < -0.39 is 0 Å². The molecular weight excluding hydrogens is 306 g/mol. The molecule has 0 spiro atoms. The summed E-state index contributed by atoms with van der Waals surface area (Å²) in [4.78, 5) is 12.4. The van der Waals surface area contributed by atoms with E-state index in [9.17, 15) is 9.90 Å². The lowest BCUT2D eigenvalue weighted by Gasteiger charge is -2.08. The Balaban J connectivity index is 1.85. The van der Waals surface area contributed by atoms with Gasteiger partial charge >= 0.3 is 0 Å². The smallest absolute Gasteiger partial charge is 0.273 e. The van der Waals surface area contributed by atoms with E-state index in [0.29, 0.717) is 22.7 Å². The van der Waals surface area contributed by atoms with E-state index in [0.717, 1.165) is 5.56 Å². The summed E-state index contributed by atoms with van der Waals surface area (Å²) in [6.45, 7) is 1.81. The van der Waals surface area contributed by atoms with Crippen molar-refractivity contribution in [2.75, 3.05) is 12.4 Å². The molecule has 3 aromatic rings. The SMILES string of the molecule is COc1ccccc1NC(=O)c1cc(-c2cccc(C)c2O)n[nH]1. The number of H-pyrrole nitrogens is 1. The number of phenols is 1. The summed E-state index contributed by atoms with van der Waals surface area (Å²) in [7, 11) is 1.54. The molecule has 0 aliphatic heterocycles. The summed E-state index contributed by atoms with van der Waals surface area (Å²) >= 11 is 0. The van der Waals surface area contributed by atoms with Gasteiger partial charge in [-0.1, -0.05) is 24.3 Å². The fraction of sp³-hybridized carbons (Fsp3) is 0.111. The van der Waals surface area contributed by atoms with Gasteiger partial charge < -0.3 is 15.2 Å². The third-order valence-electron chi connectivity index (χ3n) is 3.69. The predicted octanol–water partition coefficient (Wildman–Crippen LogP) is 3.35. The first-order valence-electron chi connectivity index (χ1n) is 7.39. The van der Waals surface area contributed by atoms with Gasteiger partial charge in [0.2, 0.25) is 0 Å². The number of nitrogens with zero attached hydrogens (tertiary/aromatic N) is 1. The molecule has 3 N–H and O–H groups in total. The van der Waals surface area contributed by atoms with E-state index in [1.807, 2.05) is 12.1 Å². The lowest BCUT2D eigenvalue weighted by molar-refractivity contribution is 0.102. The highest BCUT2D eigenvalue weighted by molar-refractivity contribution is 6.04. The number of anilines is 1. The second-order valence-electron chi connectivity index (χ2n) is 5.29. The van der Waals surface area contributed by atoms with E-state index in [1.54, 1.807) is 50.4 Å². The molecule has 0 atom stereocenters. The largest absolute Gasteiger partial charge is 0.507 e. The van der Waals surface area contributed by atoms with Crippen molar-refractivity contribution in [3.05, 3.63) is 59.8 Å². The normalized spacial score (nSPS) is 10.4. The number of hydrogen-bond acceptors (Lipinski definition) is 4. The number of rotatable bonds is 4. The Morgan fingerprint density at radius 2 is 2.00 bits per heavy atom. The lowest BCUT2D eigenvalue weighted by Crippen LogP contribution is -2.13. The quantitative estimate of drug-likeness (QED) is 0.687. The molecule has 3 rings (SSSR count). The minimum Gasteiger partial charge on any atom is -0.507 e. The molecule has 1 amide bonds. The van der Waals surface area contributed by atoms with Crippen LogP contribution >= 0.6 is 0 Å². The molecule has 122 valence electrons. The van der Waals surface area contributed by atoms with Gasteiger partial charge in [-0.3, -0.25) is 9.89 Å². The zero-order valence-electron chi connectivity index (χ0n) is 13.3. The monoisotopic (exact) mass is 323 g/mol. The summed E-state index contributed by atoms with van der Waals surface area (Å²) in [6.07, 6.45) is 0. The Morgan fingerprint density at radius 3 is 2.79 bits per heavy atom. The molecule has 0 saturated heterocycles. The van der Waals surface area contributed by atoms with Crippen molar-refractivity contribution >= 4 is 11.6 Å². The van der Waals surface area contributed by atoms with E-state index in [4.69, 9.17) is 4.74 Å². The van der Waals surface area contributed by atoms with Gasteiger partial charge in [0, 0.05) is 5.56 Å². The number of para-hydroxylation sites is 3. The molecule has 0 bridgehead atoms. The number of aryl methyl sites for hydroxylation is 1. The van der Waals surface area contributed by atoms with Crippen LogP contribution in [0.5, 0.6) is 11.5 Å².